The standard InChI is InChI=1S/C41H40N2O6/c1-30-7-5-11-37(25-30)47-28-31-12-14-32(15-13-31)38-27-40(48-29-44)39(26-34(38)8-6-20-43-21-23-46-24-22-43)42-41(45)33-16-18-36(19-17-33)49-35-9-3-2-4-10-35/h2-5,7,9-19,25-27,29H,6,8,20-24,28H2,1H3,(H,42,45). The predicted octanol–water partition coefficient (Wildman–Crippen LogP) is 8.09. The number of ether oxygens (including phenoxy) is 4. The van der Waals surface area contributed by atoms with Crippen molar-refractivity contribution in [3.63, 3.8) is 0 Å². The maximum absolute atomic E-state index is 13.4. The molecule has 0 radical (unpaired) electrons. The number of aryl methyl sites for hydroxylation is 2. The lowest BCUT2D eigenvalue weighted by Crippen LogP contribution is -2.36. The first kappa shape index (κ1) is 33.5. The summed E-state index contributed by atoms with van der Waals surface area (Å²) in [4.78, 5) is 27.5. The van der Waals surface area contributed by atoms with E-state index < -0.39 is 0 Å². The van der Waals surface area contributed by atoms with E-state index in [1.807, 2.05) is 85.8 Å². The van der Waals surface area contributed by atoms with Crippen LogP contribution in [0.1, 0.15) is 33.5 Å². The Balaban J connectivity index is 1.22. The van der Waals surface area contributed by atoms with E-state index in [1.54, 1.807) is 24.3 Å². The van der Waals surface area contributed by atoms with Crippen LogP contribution in [0, 0.1) is 6.92 Å². The number of carbonyl (C=O) groups is 2. The number of morpholine rings is 1. The van der Waals surface area contributed by atoms with Crippen molar-refractivity contribution in [3.8, 4) is 34.1 Å². The van der Waals surface area contributed by atoms with E-state index in [9.17, 15) is 9.59 Å². The fraction of sp³-hybridized carbons (Fsp3) is 0.220. The molecule has 8 nitrogen and oxygen atoms in total. The van der Waals surface area contributed by atoms with E-state index in [-0.39, 0.29) is 11.7 Å². The van der Waals surface area contributed by atoms with Crippen LogP contribution in [0.4, 0.5) is 5.69 Å². The van der Waals surface area contributed by atoms with Gasteiger partial charge in [-0.05, 0) is 115 Å². The molecule has 5 aromatic carbocycles. The lowest BCUT2D eigenvalue weighted by molar-refractivity contribution is -0.120. The molecule has 0 bridgehead atoms. The second kappa shape index (κ2) is 16.6. The van der Waals surface area contributed by atoms with E-state index in [0.717, 1.165) is 79.3 Å². The summed E-state index contributed by atoms with van der Waals surface area (Å²) in [7, 11) is 0. The quantitative estimate of drug-likeness (QED) is 0.121. The lowest BCUT2D eigenvalue weighted by atomic mass is 9.94. The van der Waals surface area contributed by atoms with Gasteiger partial charge >= 0.3 is 0 Å². The summed E-state index contributed by atoms with van der Waals surface area (Å²) in [5.74, 6) is 2.10. The normalized spacial score (nSPS) is 13.0. The molecule has 1 saturated heterocycles. The third kappa shape index (κ3) is 9.34. The van der Waals surface area contributed by atoms with Gasteiger partial charge in [-0.3, -0.25) is 14.5 Å². The minimum absolute atomic E-state index is 0.270. The highest BCUT2D eigenvalue weighted by atomic mass is 16.5. The number of hydrogen-bond acceptors (Lipinski definition) is 7. The summed E-state index contributed by atoms with van der Waals surface area (Å²) in [6.45, 7) is 7.14. The molecule has 0 aliphatic carbocycles. The number of nitrogens with one attached hydrogen (secondary N) is 1. The highest BCUT2D eigenvalue weighted by Gasteiger charge is 2.17. The third-order valence-corrected chi connectivity index (χ3v) is 8.41. The molecule has 5 aromatic rings. The molecular weight excluding hydrogens is 616 g/mol. The predicted molar refractivity (Wildman–Crippen MR) is 191 cm³/mol. The summed E-state index contributed by atoms with van der Waals surface area (Å²) in [5, 5.41) is 2.98. The largest absolute Gasteiger partial charge is 0.489 e. The Morgan fingerprint density at radius 3 is 2.31 bits per heavy atom. The molecule has 1 N–H and O–H groups in total. The van der Waals surface area contributed by atoms with Crippen molar-refractivity contribution in [2.24, 2.45) is 0 Å². The van der Waals surface area contributed by atoms with Gasteiger partial charge in [-0.25, -0.2) is 0 Å². The minimum atomic E-state index is -0.327. The second-order valence-corrected chi connectivity index (χ2v) is 12.0. The van der Waals surface area contributed by atoms with Gasteiger partial charge in [-0.2, -0.15) is 0 Å². The van der Waals surface area contributed by atoms with Gasteiger partial charge in [-0.1, -0.05) is 54.6 Å². The Kier molecular flexibility index (Phi) is 11.3. The topological polar surface area (TPSA) is 86.3 Å². The lowest BCUT2D eigenvalue weighted by Gasteiger charge is -2.26. The van der Waals surface area contributed by atoms with Crippen LogP contribution in [0.15, 0.2) is 115 Å². The van der Waals surface area contributed by atoms with Crippen LogP contribution in [0.5, 0.6) is 23.0 Å². The van der Waals surface area contributed by atoms with Gasteiger partial charge < -0.3 is 24.3 Å². The molecule has 1 aliphatic heterocycles. The van der Waals surface area contributed by atoms with Gasteiger partial charge in [0.25, 0.3) is 12.4 Å². The number of amides is 1. The average molecular weight is 657 g/mol. The van der Waals surface area contributed by atoms with Crippen molar-refractivity contribution < 1.29 is 28.5 Å². The van der Waals surface area contributed by atoms with Gasteiger partial charge in [0, 0.05) is 18.7 Å². The Bertz CT molecular complexity index is 1840. The van der Waals surface area contributed by atoms with Gasteiger partial charge in [0.15, 0.2) is 5.75 Å². The molecule has 0 aromatic heterocycles. The molecule has 250 valence electrons. The zero-order valence-electron chi connectivity index (χ0n) is 27.6. The van der Waals surface area contributed by atoms with Gasteiger partial charge in [0.2, 0.25) is 0 Å². The molecule has 8 heteroatoms. The molecule has 6 rings (SSSR count). The van der Waals surface area contributed by atoms with Crippen LogP contribution in [-0.2, 0) is 22.6 Å². The SMILES string of the molecule is Cc1cccc(OCc2ccc(-c3cc(OC=O)c(NC(=O)c4ccc(Oc5ccccc5)cc4)cc3CCCN3CCOCC3)cc2)c1. The number of hydrogen-bond donors (Lipinski definition) is 1. The molecule has 0 atom stereocenters. The van der Waals surface area contributed by atoms with Crippen molar-refractivity contribution >= 4 is 18.1 Å². The van der Waals surface area contributed by atoms with Crippen molar-refractivity contribution in [2.45, 2.75) is 26.4 Å². The first-order valence-electron chi connectivity index (χ1n) is 16.5. The van der Waals surface area contributed by atoms with Crippen molar-refractivity contribution in [1.29, 1.82) is 0 Å². The van der Waals surface area contributed by atoms with E-state index >= 15 is 0 Å². The van der Waals surface area contributed by atoms with Crippen LogP contribution in [-0.4, -0.2) is 50.1 Å². The number of benzene rings is 5. The smallest absolute Gasteiger partial charge is 0.298 e. The Hall–Kier alpha value is -5.44. The summed E-state index contributed by atoms with van der Waals surface area (Å²) < 4.78 is 22.8. The fourth-order valence-corrected chi connectivity index (χ4v) is 5.81. The maximum Gasteiger partial charge on any atom is 0.298 e. The summed E-state index contributed by atoms with van der Waals surface area (Å²) in [6, 6.07) is 36.3. The minimum Gasteiger partial charge on any atom is -0.489 e. The van der Waals surface area contributed by atoms with E-state index in [4.69, 9.17) is 18.9 Å². The number of anilines is 1. The molecule has 49 heavy (non-hydrogen) atoms. The van der Waals surface area contributed by atoms with Crippen LogP contribution in [0.2, 0.25) is 0 Å². The molecule has 1 fully saturated rings. The number of rotatable bonds is 14. The third-order valence-electron chi connectivity index (χ3n) is 8.41. The van der Waals surface area contributed by atoms with Crippen molar-refractivity contribution in [1.82, 2.24) is 4.90 Å². The van der Waals surface area contributed by atoms with Gasteiger partial charge in [-0.15, -0.1) is 0 Å². The molecular formula is C41H40N2O6. The number of carbonyl (C=O) groups excluding carboxylic acids is 2. The van der Waals surface area contributed by atoms with E-state index in [1.165, 1.54) is 0 Å². The molecule has 1 heterocycles. The zero-order valence-corrected chi connectivity index (χ0v) is 27.6. The highest BCUT2D eigenvalue weighted by Crippen LogP contribution is 2.36. The van der Waals surface area contributed by atoms with Crippen LogP contribution < -0.4 is 19.5 Å². The van der Waals surface area contributed by atoms with Crippen LogP contribution in [0.3, 0.4) is 0 Å². The van der Waals surface area contributed by atoms with E-state index in [2.05, 4.69) is 22.3 Å². The van der Waals surface area contributed by atoms with Gasteiger partial charge in [0.05, 0.1) is 18.9 Å². The van der Waals surface area contributed by atoms with Crippen LogP contribution >= 0.6 is 0 Å². The van der Waals surface area contributed by atoms with Gasteiger partial charge in [0.1, 0.15) is 23.9 Å². The first-order chi connectivity index (χ1) is 24.0. The highest BCUT2D eigenvalue weighted by molar-refractivity contribution is 6.05. The monoisotopic (exact) mass is 656 g/mol. The van der Waals surface area contributed by atoms with Crippen LogP contribution in [0.25, 0.3) is 11.1 Å². The fourth-order valence-electron chi connectivity index (χ4n) is 5.81. The molecule has 1 aliphatic rings. The molecule has 1 amide bonds. The molecule has 0 unspecified atom stereocenters. The summed E-state index contributed by atoms with van der Waals surface area (Å²) in [6.07, 6.45) is 1.68. The zero-order chi connectivity index (χ0) is 33.8. The number of para-hydroxylation sites is 1. The van der Waals surface area contributed by atoms with Crippen molar-refractivity contribution in [3.05, 3.63) is 138 Å². The Morgan fingerprint density at radius 1 is 0.837 bits per heavy atom. The number of nitrogens with zero attached hydrogens (tertiary/aromatic N) is 1. The van der Waals surface area contributed by atoms with Crippen molar-refractivity contribution in [2.75, 3.05) is 38.2 Å². The molecule has 0 saturated carbocycles. The van der Waals surface area contributed by atoms with E-state index in [0.29, 0.717) is 35.8 Å². The Morgan fingerprint density at radius 2 is 1.57 bits per heavy atom. The Labute approximate surface area is 287 Å². The summed E-state index contributed by atoms with van der Waals surface area (Å²) >= 11 is 0. The summed E-state index contributed by atoms with van der Waals surface area (Å²) in [5.41, 5.74) is 6.00. The maximum atomic E-state index is 13.4. The molecule has 0 spiro atoms. The first-order valence-corrected chi connectivity index (χ1v) is 16.5. The average Bonchev–Trinajstić information content (AvgIpc) is 3.13. The second-order valence-electron chi connectivity index (χ2n) is 12.0.